The summed E-state index contributed by atoms with van der Waals surface area (Å²) >= 11 is 13.0. The van der Waals surface area contributed by atoms with E-state index < -0.39 is 6.03 Å². The van der Waals surface area contributed by atoms with E-state index in [-0.39, 0.29) is 10.8 Å². The monoisotopic (exact) mass is 353 g/mol. The van der Waals surface area contributed by atoms with E-state index in [0.29, 0.717) is 15.8 Å². The number of carbonyl (C=O) groups excluding carboxylic acids is 1. The number of carbonyl (C=O) groups is 1. The summed E-state index contributed by atoms with van der Waals surface area (Å²) < 4.78 is 0.885. The number of aromatic nitrogens is 1. The van der Waals surface area contributed by atoms with Crippen LogP contribution in [0.3, 0.4) is 0 Å². The first-order valence-corrected chi connectivity index (χ1v) is 7.71. The van der Waals surface area contributed by atoms with Gasteiger partial charge in [-0.1, -0.05) is 34.5 Å². The molecule has 0 saturated carbocycles. The van der Waals surface area contributed by atoms with Gasteiger partial charge >= 0.3 is 6.03 Å². The Hall–Kier alpha value is -2.02. The van der Waals surface area contributed by atoms with Gasteiger partial charge in [0.25, 0.3) is 0 Å². The van der Waals surface area contributed by atoms with E-state index in [2.05, 4.69) is 15.6 Å². The summed E-state index contributed by atoms with van der Waals surface area (Å²) in [5, 5.41) is 15.8. The summed E-state index contributed by atoms with van der Waals surface area (Å²) in [6.07, 6.45) is 0. The Kier molecular flexibility index (Phi) is 4.06. The minimum absolute atomic E-state index is 0.0457. The second-order valence-electron chi connectivity index (χ2n) is 4.38. The fraction of sp³-hybridized carbons (Fsp3) is 0. The fourth-order valence-electron chi connectivity index (χ4n) is 1.80. The van der Waals surface area contributed by atoms with Crippen LogP contribution in [-0.4, -0.2) is 16.1 Å². The van der Waals surface area contributed by atoms with Crippen LogP contribution in [0.15, 0.2) is 36.4 Å². The van der Waals surface area contributed by atoms with Crippen LogP contribution >= 0.6 is 34.5 Å². The third-order valence-electron chi connectivity index (χ3n) is 2.78. The number of phenolic OH excluding ortho intramolecular Hbond substituents is 1. The maximum absolute atomic E-state index is 11.9. The topological polar surface area (TPSA) is 74.2 Å². The molecule has 0 aliphatic heterocycles. The minimum atomic E-state index is -0.452. The fourth-order valence-corrected chi connectivity index (χ4v) is 3.11. The van der Waals surface area contributed by atoms with Gasteiger partial charge in [-0.05, 0) is 36.4 Å². The molecular formula is C14H9Cl2N3O2S. The molecule has 1 aromatic heterocycles. The first kappa shape index (κ1) is 14.9. The van der Waals surface area contributed by atoms with Crippen LogP contribution in [0.5, 0.6) is 5.75 Å². The van der Waals surface area contributed by atoms with Gasteiger partial charge in [0.15, 0.2) is 5.13 Å². The number of anilines is 2. The zero-order chi connectivity index (χ0) is 15.7. The van der Waals surface area contributed by atoms with Crippen molar-refractivity contribution in [1.29, 1.82) is 0 Å². The average Bonchev–Trinajstić information content (AvgIpc) is 2.84. The van der Waals surface area contributed by atoms with Crippen LogP contribution in [0.25, 0.3) is 10.2 Å². The van der Waals surface area contributed by atoms with Crippen molar-refractivity contribution in [3.8, 4) is 5.75 Å². The lowest BCUT2D eigenvalue weighted by Crippen LogP contribution is -2.19. The molecule has 0 radical (unpaired) electrons. The lowest BCUT2D eigenvalue weighted by Gasteiger charge is -2.06. The highest BCUT2D eigenvalue weighted by Gasteiger charge is 2.09. The van der Waals surface area contributed by atoms with Crippen molar-refractivity contribution >= 4 is 61.6 Å². The van der Waals surface area contributed by atoms with Crippen LogP contribution in [0.1, 0.15) is 0 Å². The van der Waals surface area contributed by atoms with Crippen LogP contribution in [0.2, 0.25) is 10.0 Å². The molecule has 0 aliphatic carbocycles. The number of thiazole rings is 1. The number of aromatic hydroxyl groups is 1. The van der Waals surface area contributed by atoms with Crippen LogP contribution < -0.4 is 10.6 Å². The van der Waals surface area contributed by atoms with Crippen molar-refractivity contribution in [3.63, 3.8) is 0 Å². The van der Waals surface area contributed by atoms with E-state index in [9.17, 15) is 9.90 Å². The van der Waals surface area contributed by atoms with Crippen molar-refractivity contribution in [1.82, 2.24) is 4.98 Å². The Morgan fingerprint density at radius 1 is 1.14 bits per heavy atom. The number of halogens is 2. The van der Waals surface area contributed by atoms with Gasteiger partial charge in [-0.2, -0.15) is 0 Å². The highest BCUT2D eigenvalue weighted by Crippen LogP contribution is 2.29. The van der Waals surface area contributed by atoms with Crippen molar-refractivity contribution in [3.05, 3.63) is 46.4 Å². The zero-order valence-electron chi connectivity index (χ0n) is 10.9. The summed E-state index contributed by atoms with van der Waals surface area (Å²) in [6.45, 7) is 0. The van der Waals surface area contributed by atoms with Crippen LogP contribution in [0.4, 0.5) is 15.6 Å². The quantitative estimate of drug-likeness (QED) is 0.570. The molecule has 3 rings (SSSR count). The minimum Gasteiger partial charge on any atom is -0.506 e. The SMILES string of the molecule is O=C(Nc1ccc(O)c(Cl)c1)Nc1nc2ccc(Cl)cc2s1. The van der Waals surface area contributed by atoms with E-state index in [0.717, 1.165) is 10.2 Å². The second-order valence-corrected chi connectivity index (χ2v) is 6.25. The number of urea groups is 1. The Balaban J connectivity index is 1.73. The number of rotatable bonds is 2. The summed E-state index contributed by atoms with van der Waals surface area (Å²) in [5.74, 6) is -0.0457. The molecule has 1 heterocycles. The number of amides is 2. The number of fused-ring (bicyclic) bond motifs is 1. The van der Waals surface area contributed by atoms with E-state index in [4.69, 9.17) is 23.2 Å². The van der Waals surface area contributed by atoms with E-state index in [1.807, 2.05) is 0 Å². The van der Waals surface area contributed by atoms with Gasteiger partial charge in [0.05, 0.1) is 15.2 Å². The number of phenols is 1. The smallest absolute Gasteiger partial charge is 0.325 e. The molecule has 3 aromatic rings. The number of nitrogens with zero attached hydrogens (tertiary/aromatic N) is 1. The van der Waals surface area contributed by atoms with Crippen molar-refractivity contribution in [2.24, 2.45) is 0 Å². The summed E-state index contributed by atoms with van der Waals surface area (Å²) in [7, 11) is 0. The first-order chi connectivity index (χ1) is 10.5. The predicted molar refractivity (Wildman–Crippen MR) is 90.4 cm³/mol. The lowest BCUT2D eigenvalue weighted by atomic mass is 10.3. The highest BCUT2D eigenvalue weighted by molar-refractivity contribution is 7.22. The normalized spacial score (nSPS) is 10.6. The maximum Gasteiger partial charge on any atom is 0.325 e. The predicted octanol–water partition coefficient (Wildman–Crippen LogP) is 4.95. The van der Waals surface area contributed by atoms with Gasteiger partial charge in [0.1, 0.15) is 5.75 Å². The van der Waals surface area contributed by atoms with Crippen molar-refractivity contribution in [2.45, 2.75) is 0 Å². The van der Waals surface area contributed by atoms with Crippen LogP contribution in [-0.2, 0) is 0 Å². The molecule has 2 aromatic carbocycles. The molecule has 0 unspecified atom stereocenters. The van der Waals surface area contributed by atoms with E-state index >= 15 is 0 Å². The molecular weight excluding hydrogens is 345 g/mol. The third kappa shape index (κ3) is 3.24. The number of hydrogen-bond acceptors (Lipinski definition) is 4. The molecule has 0 spiro atoms. The molecule has 0 atom stereocenters. The highest BCUT2D eigenvalue weighted by atomic mass is 35.5. The number of nitrogens with one attached hydrogen (secondary N) is 2. The molecule has 0 bridgehead atoms. The first-order valence-electron chi connectivity index (χ1n) is 6.14. The molecule has 22 heavy (non-hydrogen) atoms. The Bertz CT molecular complexity index is 866. The Morgan fingerprint density at radius 2 is 1.95 bits per heavy atom. The standard InChI is InChI=1S/C14H9Cl2N3O2S/c15-7-1-3-10-12(5-7)22-14(18-10)19-13(21)17-8-2-4-11(20)9(16)6-8/h1-6,20H,(H2,17,18,19,21). The van der Waals surface area contributed by atoms with E-state index in [1.165, 1.54) is 23.5 Å². The van der Waals surface area contributed by atoms with Gasteiger partial charge < -0.3 is 10.4 Å². The van der Waals surface area contributed by atoms with Gasteiger partial charge in [0.2, 0.25) is 0 Å². The van der Waals surface area contributed by atoms with Crippen molar-refractivity contribution < 1.29 is 9.90 Å². The zero-order valence-corrected chi connectivity index (χ0v) is 13.3. The van der Waals surface area contributed by atoms with Gasteiger partial charge in [-0.3, -0.25) is 5.32 Å². The van der Waals surface area contributed by atoms with Gasteiger partial charge in [-0.25, -0.2) is 9.78 Å². The second kappa shape index (κ2) is 6.00. The number of benzene rings is 2. The summed E-state index contributed by atoms with van der Waals surface area (Å²) in [5.41, 5.74) is 1.22. The molecule has 0 aliphatic rings. The molecule has 2 amide bonds. The van der Waals surface area contributed by atoms with Gasteiger partial charge in [0, 0.05) is 10.7 Å². The molecule has 0 saturated heterocycles. The van der Waals surface area contributed by atoms with Gasteiger partial charge in [-0.15, -0.1) is 0 Å². The molecule has 3 N–H and O–H groups in total. The van der Waals surface area contributed by atoms with Crippen molar-refractivity contribution in [2.75, 3.05) is 10.6 Å². The largest absolute Gasteiger partial charge is 0.506 e. The molecule has 112 valence electrons. The van der Waals surface area contributed by atoms with E-state index in [1.54, 1.807) is 24.3 Å². The summed E-state index contributed by atoms with van der Waals surface area (Å²) in [6, 6.07) is 9.26. The molecule has 8 heteroatoms. The average molecular weight is 354 g/mol. The summed E-state index contributed by atoms with van der Waals surface area (Å²) in [4.78, 5) is 16.2. The maximum atomic E-state index is 11.9. The molecule has 5 nitrogen and oxygen atoms in total. The third-order valence-corrected chi connectivity index (χ3v) is 4.25. The lowest BCUT2D eigenvalue weighted by molar-refractivity contribution is 0.262. The van der Waals surface area contributed by atoms with Crippen LogP contribution in [0, 0.1) is 0 Å². The Labute approximate surface area is 139 Å². The Morgan fingerprint density at radius 3 is 2.73 bits per heavy atom. The molecule has 0 fully saturated rings. The number of hydrogen-bond donors (Lipinski definition) is 3.